The Morgan fingerprint density at radius 3 is 2.48 bits per heavy atom. The van der Waals surface area contributed by atoms with Crippen LogP contribution in [-0.4, -0.2) is 58.1 Å². The van der Waals surface area contributed by atoms with Gasteiger partial charge in [-0.1, -0.05) is 0 Å². The van der Waals surface area contributed by atoms with Crippen LogP contribution in [-0.2, 0) is 14.8 Å². The highest BCUT2D eigenvalue weighted by atomic mass is 32.2. The number of carbonyl (C=O) groups is 1. The van der Waals surface area contributed by atoms with Crippen molar-refractivity contribution in [3.05, 3.63) is 17.0 Å². The molecular formula is C13H23N3O4S. The Bertz CT molecular complexity index is 605. The van der Waals surface area contributed by atoms with Gasteiger partial charge in [0, 0.05) is 24.3 Å². The predicted octanol–water partition coefficient (Wildman–Crippen LogP) is 0.648. The highest BCUT2D eigenvalue weighted by Gasteiger charge is 2.26. The van der Waals surface area contributed by atoms with E-state index < -0.39 is 16.0 Å². The lowest BCUT2D eigenvalue weighted by Gasteiger charge is -2.11. The van der Waals surface area contributed by atoms with Crippen molar-refractivity contribution >= 4 is 16.0 Å². The molecule has 2 N–H and O–H groups in total. The van der Waals surface area contributed by atoms with Crippen molar-refractivity contribution in [2.75, 3.05) is 33.8 Å². The minimum atomic E-state index is -3.66. The van der Waals surface area contributed by atoms with Crippen molar-refractivity contribution in [2.45, 2.75) is 25.7 Å². The van der Waals surface area contributed by atoms with Crippen LogP contribution in [0.5, 0.6) is 0 Å². The highest BCUT2D eigenvalue weighted by molar-refractivity contribution is 7.89. The number of H-pyrrole nitrogens is 1. The Balaban J connectivity index is 3.05. The molecule has 1 heterocycles. The molecule has 0 bridgehead atoms. The summed E-state index contributed by atoms with van der Waals surface area (Å²) in [6.45, 7) is 6.04. The number of esters is 1. The summed E-state index contributed by atoms with van der Waals surface area (Å²) in [7, 11) is 0.0615. The Morgan fingerprint density at radius 2 is 1.95 bits per heavy atom. The molecule has 0 aliphatic rings. The van der Waals surface area contributed by atoms with Gasteiger partial charge in [0.05, 0.1) is 6.61 Å². The number of sulfonamides is 1. The van der Waals surface area contributed by atoms with Gasteiger partial charge in [0.1, 0.15) is 10.6 Å². The van der Waals surface area contributed by atoms with Crippen LogP contribution in [0.2, 0.25) is 0 Å². The lowest BCUT2D eigenvalue weighted by atomic mass is 10.2. The SMILES string of the molecule is CCOC(=O)c1[nH]c(C)c(S(=O)(=O)NCCN(C)C)c1C. The van der Waals surface area contributed by atoms with Crippen LogP contribution in [0.15, 0.2) is 4.90 Å². The van der Waals surface area contributed by atoms with Gasteiger partial charge < -0.3 is 14.6 Å². The first-order chi connectivity index (χ1) is 9.70. The molecule has 0 saturated carbocycles. The minimum Gasteiger partial charge on any atom is -0.461 e. The van der Waals surface area contributed by atoms with Crippen molar-refractivity contribution in [1.82, 2.24) is 14.6 Å². The van der Waals surface area contributed by atoms with Crippen LogP contribution in [0.25, 0.3) is 0 Å². The Morgan fingerprint density at radius 1 is 1.33 bits per heavy atom. The monoisotopic (exact) mass is 317 g/mol. The number of hydrogen-bond acceptors (Lipinski definition) is 5. The van der Waals surface area contributed by atoms with Gasteiger partial charge in [0.25, 0.3) is 0 Å². The normalized spacial score (nSPS) is 11.9. The molecule has 120 valence electrons. The standard InChI is InChI=1S/C13H23N3O4S/c1-6-20-13(17)11-9(2)12(10(3)15-11)21(18,19)14-7-8-16(4)5/h14-15H,6-8H2,1-5H3. The summed E-state index contributed by atoms with van der Waals surface area (Å²) in [4.78, 5) is 16.6. The van der Waals surface area contributed by atoms with Crippen LogP contribution in [0.1, 0.15) is 28.7 Å². The van der Waals surface area contributed by atoms with E-state index in [1.807, 2.05) is 19.0 Å². The molecule has 0 spiro atoms. The van der Waals surface area contributed by atoms with E-state index in [2.05, 4.69) is 9.71 Å². The Labute approximate surface area is 125 Å². The van der Waals surface area contributed by atoms with E-state index in [-0.39, 0.29) is 17.2 Å². The lowest BCUT2D eigenvalue weighted by Crippen LogP contribution is -2.31. The lowest BCUT2D eigenvalue weighted by molar-refractivity contribution is 0.0519. The fourth-order valence-electron chi connectivity index (χ4n) is 2.02. The second-order valence-electron chi connectivity index (χ2n) is 5.00. The zero-order chi connectivity index (χ0) is 16.2. The molecule has 1 aromatic heterocycles. The maximum absolute atomic E-state index is 12.3. The number of aromatic amines is 1. The van der Waals surface area contributed by atoms with Gasteiger partial charge >= 0.3 is 5.97 Å². The largest absolute Gasteiger partial charge is 0.461 e. The molecular weight excluding hydrogens is 294 g/mol. The molecule has 8 heteroatoms. The zero-order valence-corrected chi connectivity index (χ0v) is 13.9. The van der Waals surface area contributed by atoms with Crippen molar-refractivity contribution in [3.63, 3.8) is 0 Å². The van der Waals surface area contributed by atoms with Crippen LogP contribution < -0.4 is 4.72 Å². The maximum atomic E-state index is 12.3. The third kappa shape index (κ3) is 4.29. The topological polar surface area (TPSA) is 91.5 Å². The number of aromatic nitrogens is 1. The van der Waals surface area contributed by atoms with Gasteiger partial charge in [-0.15, -0.1) is 0 Å². The van der Waals surface area contributed by atoms with E-state index in [0.717, 1.165) is 0 Å². The molecule has 0 aliphatic heterocycles. The van der Waals surface area contributed by atoms with Gasteiger partial charge in [0.2, 0.25) is 10.0 Å². The van der Waals surface area contributed by atoms with Crippen molar-refractivity contribution < 1.29 is 17.9 Å². The fourth-order valence-corrected chi connectivity index (χ4v) is 3.48. The summed E-state index contributed by atoms with van der Waals surface area (Å²) < 4.78 is 32.1. The van der Waals surface area contributed by atoms with Gasteiger partial charge in [0.15, 0.2) is 0 Å². The first kappa shape index (κ1) is 17.7. The molecule has 1 rings (SSSR count). The van der Waals surface area contributed by atoms with Crippen LogP contribution in [0, 0.1) is 13.8 Å². The number of hydrogen-bond donors (Lipinski definition) is 2. The quantitative estimate of drug-likeness (QED) is 0.720. The van der Waals surface area contributed by atoms with Gasteiger partial charge in [-0.3, -0.25) is 0 Å². The van der Waals surface area contributed by atoms with Crippen LogP contribution in [0.4, 0.5) is 0 Å². The number of ether oxygens (including phenoxy) is 1. The second-order valence-corrected chi connectivity index (χ2v) is 6.70. The molecule has 0 amide bonds. The highest BCUT2D eigenvalue weighted by Crippen LogP contribution is 2.23. The smallest absolute Gasteiger partial charge is 0.355 e. The summed E-state index contributed by atoms with van der Waals surface area (Å²) >= 11 is 0. The van der Waals surface area contributed by atoms with E-state index in [1.165, 1.54) is 0 Å². The third-order valence-corrected chi connectivity index (χ3v) is 4.70. The Hall–Kier alpha value is -1.38. The van der Waals surface area contributed by atoms with Crippen LogP contribution >= 0.6 is 0 Å². The third-order valence-electron chi connectivity index (χ3n) is 2.97. The number of nitrogens with zero attached hydrogens (tertiary/aromatic N) is 1. The molecule has 0 fully saturated rings. The molecule has 0 unspecified atom stereocenters. The molecule has 0 saturated heterocycles. The van der Waals surface area contributed by atoms with Gasteiger partial charge in [-0.2, -0.15) is 0 Å². The number of rotatable bonds is 7. The van der Waals surface area contributed by atoms with E-state index in [4.69, 9.17) is 4.74 Å². The van der Waals surface area contributed by atoms with Crippen molar-refractivity contribution in [2.24, 2.45) is 0 Å². The number of aryl methyl sites for hydroxylation is 1. The minimum absolute atomic E-state index is 0.115. The summed E-state index contributed by atoms with van der Waals surface area (Å²) in [6, 6.07) is 0. The van der Waals surface area contributed by atoms with Crippen LogP contribution in [0.3, 0.4) is 0 Å². The van der Waals surface area contributed by atoms with Crippen molar-refractivity contribution in [3.8, 4) is 0 Å². The van der Waals surface area contributed by atoms with E-state index in [1.54, 1.807) is 20.8 Å². The average molecular weight is 317 g/mol. The molecule has 1 aromatic rings. The summed E-state index contributed by atoms with van der Waals surface area (Å²) in [5, 5.41) is 0. The van der Waals surface area contributed by atoms with Gasteiger partial charge in [-0.25, -0.2) is 17.9 Å². The first-order valence-corrected chi connectivity index (χ1v) is 8.19. The molecule has 0 aromatic carbocycles. The summed E-state index contributed by atoms with van der Waals surface area (Å²) in [5.74, 6) is -0.548. The second kappa shape index (κ2) is 7.06. The first-order valence-electron chi connectivity index (χ1n) is 6.71. The zero-order valence-electron chi connectivity index (χ0n) is 13.1. The Kier molecular flexibility index (Phi) is 5.94. The molecule has 21 heavy (non-hydrogen) atoms. The van der Waals surface area contributed by atoms with E-state index in [9.17, 15) is 13.2 Å². The average Bonchev–Trinajstić information content (AvgIpc) is 2.64. The van der Waals surface area contributed by atoms with Crippen molar-refractivity contribution in [1.29, 1.82) is 0 Å². The van der Waals surface area contributed by atoms with E-state index in [0.29, 0.717) is 24.3 Å². The predicted molar refractivity (Wildman–Crippen MR) is 80.0 cm³/mol. The molecule has 0 radical (unpaired) electrons. The maximum Gasteiger partial charge on any atom is 0.355 e. The molecule has 0 aliphatic carbocycles. The molecule has 7 nitrogen and oxygen atoms in total. The number of nitrogens with one attached hydrogen (secondary N) is 2. The molecule has 0 atom stereocenters. The number of carbonyl (C=O) groups excluding carboxylic acids is 1. The number of likely N-dealkylation sites (N-methyl/N-ethyl adjacent to an activating group) is 1. The summed E-state index contributed by atoms with van der Waals surface area (Å²) in [5.41, 5.74) is 0.985. The fraction of sp³-hybridized carbons (Fsp3) is 0.615. The van der Waals surface area contributed by atoms with E-state index >= 15 is 0 Å². The summed E-state index contributed by atoms with van der Waals surface area (Å²) in [6.07, 6.45) is 0. The van der Waals surface area contributed by atoms with Gasteiger partial charge in [-0.05, 0) is 34.9 Å².